The van der Waals surface area contributed by atoms with Gasteiger partial charge in [-0.15, -0.1) is 0 Å². The number of rotatable bonds is 4. The third kappa shape index (κ3) is 2.96. The SMILES string of the molecule is O=C(NCNc1nc(Cl)ncc1Cl)C1CC1. The molecule has 5 nitrogen and oxygen atoms in total. The molecule has 0 radical (unpaired) electrons. The van der Waals surface area contributed by atoms with Gasteiger partial charge in [0, 0.05) is 5.92 Å². The fourth-order valence-electron chi connectivity index (χ4n) is 1.17. The monoisotopic (exact) mass is 260 g/mol. The molecule has 1 fully saturated rings. The fourth-order valence-corrected chi connectivity index (χ4v) is 1.47. The van der Waals surface area contributed by atoms with Crippen LogP contribution in [0, 0.1) is 5.92 Å². The number of aromatic nitrogens is 2. The van der Waals surface area contributed by atoms with Gasteiger partial charge in [0.25, 0.3) is 0 Å². The van der Waals surface area contributed by atoms with Crippen LogP contribution in [0.4, 0.5) is 5.82 Å². The van der Waals surface area contributed by atoms with E-state index in [4.69, 9.17) is 23.2 Å². The number of nitrogens with one attached hydrogen (secondary N) is 2. The maximum absolute atomic E-state index is 11.3. The molecule has 2 N–H and O–H groups in total. The Morgan fingerprint density at radius 1 is 1.50 bits per heavy atom. The van der Waals surface area contributed by atoms with Crippen LogP contribution in [0.2, 0.25) is 10.3 Å². The molecule has 0 spiro atoms. The van der Waals surface area contributed by atoms with Gasteiger partial charge >= 0.3 is 0 Å². The van der Waals surface area contributed by atoms with Gasteiger partial charge in [0.05, 0.1) is 12.9 Å². The first-order valence-corrected chi connectivity index (χ1v) is 5.62. The van der Waals surface area contributed by atoms with Crippen molar-refractivity contribution in [3.05, 3.63) is 16.5 Å². The summed E-state index contributed by atoms with van der Waals surface area (Å²) in [5.41, 5.74) is 0. The van der Waals surface area contributed by atoms with Gasteiger partial charge < -0.3 is 10.6 Å². The number of hydrogen-bond acceptors (Lipinski definition) is 4. The minimum absolute atomic E-state index is 0.0591. The zero-order chi connectivity index (χ0) is 11.5. The maximum Gasteiger partial charge on any atom is 0.224 e. The van der Waals surface area contributed by atoms with Crippen molar-refractivity contribution in [2.24, 2.45) is 5.92 Å². The molecule has 0 unspecified atom stereocenters. The van der Waals surface area contributed by atoms with E-state index in [1.54, 1.807) is 0 Å². The van der Waals surface area contributed by atoms with Gasteiger partial charge in [0.15, 0.2) is 5.82 Å². The summed E-state index contributed by atoms with van der Waals surface area (Å²) in [6.45, 7) is 0.280. The topological polar surface area (TPSA) is 66.9 Å². The first-order valence-electron chi connectivity index (χ1n) is 4.86. The third-order valence-corrected chi connectivity index (χ3v) is 2.64. The fraction of sp³-hybridized carbons (Fsp3) is 0.444. The predicted molar refractivity (Wildman–Crippen MR) is 61.4 cm³/mol. The number of carbonyl (C=O) groups excluding carboxylic acids is 1. The van der Waals surface area contributed by atoms with Crippen molar-refractivity contribution in [3.8, 4) is 0 Å². The Bertz CT molecular complexity index is 408. The van der Waals surface area contributed by atoms with Crippen molar-refractivity contribution < 1.29 is 4.79 Å². The molecular weight excluding hydrogens is 251 g/mol. The Balaban J connectivity index is 1.84. The summed E-state index contributed by atoms with van der Waals surface area (Å²) in [6, 6.07) is 0. The second-order valence-corrected chi connectivity index (χ2v) is 4.25. The quantitative estimate of drug-likeness (QED) is 0.639. The van der Waals surface area contributed by atoms with Gasteiger partial charge in [-0.05, 0) is 24.4 Å². The van der Waals surface area contributed by atoms with Crippen LogP contribution in [0.15, 0.2) is 6.20 Å². The number of halogens is 2. The summed E-state index contributed by atoms with van der Waals surface area (Å²) in [5, 5.41) is 6.07. The van der Waals surface area contributed by atoms with Crippen molar-refractivity contribution in [2.75, 3.05) is 12.0 Å². The third-order valence-electron chi connectivity index (χ3n) is 2.18. The van der Waals surface area contributed by atoms with Crippen LogP contribution < -0.4 is 10.6 Å². The van der Waals surface area contributed by atoms with Crippen molar-refractivity contribution in [2.45, 2.75) is 12.8 Å². The molecule has 0 aliphatic heterocycles. The molecule has 0 saturated heterocycles. The van der Waals surface area contributed by atoms with Crippen LogP contribution in [0.25, 0.3) is 0 Å². The van der Waals surface area contributed by atoms with E-state index in [-0.39, 0.29) is 23.8 Å². The number of carbonyl (C=O) groups is 1. The van der Waals surface area contributed by atoms with Crippen molar-refractivity contribution in [1.82, 2.24) is 15.3 Å². The highest BCUT2D eigenvalue weighted by atomic mass is 35.5. The maximum atomic E-state index is 11.3. The molecule has 86 valence electrons. The minimum atomic E-state index is 0.0591. The van der Waals surface area contributed by atoms with Gasteiger partial charge in [-0.25, -0.2) is 4.98 Å². The van der Waals surface area contributed by atoms with Crippen molar-refractivity contribution in [3.63, 3.8) is 0 Å². The lowest BCUT2D eigenvalue weighted by atomic mass is 10.4. The van der Waals surface area contributed by atoms with Gasteiger partial charge in [0.1, 0.15) is 5.02 Å². The molecule has 0 bridgehead atoms. The summed E-state index contributed by atoms with van der Waals surface area (Å²) in [7, 11) is 0. The Labute approximate surface area is 103 Å². The molecule has 16 heavy (non-hydrogen) atoms. The first kappa shape index (κ1) is 11.4. The van der Waals surface area contributed by atoms with Crippen molar-refractivity contribution in [1.29, 1.82) is 0 Å². The molecule has 2 rings (SSSR count). The highest BCUT2D eigenvalue weighted by Gasteiger charge is 2.29. The average Bonchev–Trinajstić information content (AvgIpc) is 3.06. The molecule has 0 aromatic carbocycles. The lowest BCUT2D eigenvalue weighted by Gasteiger charge is -2.08. The number of nitrogens with zero attached hydrogens (tertiary/aromatic N) is 2. The summed E-state index contributed by atoms with van der Waals surface area (Å²) in [4.78, 5) is 18.9. The van der Waals surface area contributed by atoms with E-state index in [0.29, 0.717) is 10.8 Å². The summed E-state index contributed by atoms with van der Waals surface area (Å²) in [5.74, 6) is 0.660. The van der Waals surface area contributed by atoms with E-state index in [9.17, 15) is 4.79 Å². The van der Waals surface area contributed by atoms with Gasteiger partial charge in [0.2, 0.25) is 11.2 Å². The zero-order valence-electron chi connectivity index (χ0n) is 8.33. The highest BCUT2D eigenvalue weighted by molar-refractivity contribution is 6.33. The van der Waals surface area contributed by atoms with Gasteiger partial charge in [-0.2, -0.15) is 4.98 Å². The van der Waals surface area contributed by atoms with Crippen LogP contribution in [-0.4, -0.2) is 22.5 Å². The van der Waals surface area contributed by atoms with E-state index in [0.717, 1.165) is 12.8 Å². The van der Waals surface area contributed by atoms with Crippen LogP contribution >= 0.6 is 23.2 Å². The van der Waals surface area contributed by atoms with E-state index in [1.165, 1.54) is 6.20 Å². The van der Waals surface area contributed by atoms with Crippen LogP contribution in [-0.2, 0) is 4.79 Å². The second-order valence-electron chi connectivity index (χ2n) is 3.50. The van der Waals surface area contributed by atoms with Crippen LogP contribution in [0.5, 0.6) is 0 Å². The molecule has 1 aliphatic rings. The lowest BCUT2D eigenvalue weighted by Crippen LogP contribution is -2.30. The standard InChI is InChI=1S/C9H10Cl2N4O/c10-6-3-12-9(11)15-7(6)13-4-14-8(16)5-1-2-5/h3,5H,1-2,4H2,(H,14,16)(H,12,13,15). The lowest BCUT2D eigenvalue weighted by molar-refractivity contribution is -0.122. The Morgan fingerprint density at radius 2 is 2.25 bits per heavy atom. The Kier molecular flexibility index (Phi) is 3.46. The molecular formula is C9H10Cl2N4O. The Morgan fingerprint density at radius 3 is 2.94 bits per heavy atom. The molecule has 7 heteroatoms. The average molecular weight is 261 g/mol. The molecule has 1 aliphatic carbocycles. The van der Waals surface area contributed by atoms with Crippen LogP contribution in [0.3, 0.4) is 0 Å². The van der Waals surface area contributed by atoms with Gasteiger partial charge in [-0.1, -0.05) is 11.6 Å². The summed E-state index contributed by atoms with van der Waals surface area (Å²) in [6.07, 6.45) is 3.36. The molecule has 1 heterocycles. The van der Waals surface area contributed by atoms with E-state index in [2.05, 4.69) is 20.6 Å². The van der Waals surface area contributed by atoms with Crippen molar-refractivity contribution >= 4 is 34.9 Å². The largest absolute Gasteiger partial charge is 0.351 e. The number of amides is 1. The molecule has 1 aromatic heterocycles. The molecule has 0 atom stereocenters. The smallest absolute Gasteiger partial charge is 0.224 e. The molecule has 1 aromatic rings. The molecule has 1 saturated carbocycles. The molecule has 1 amide bonds. The summed E-state index contributed by atoms with van der Waals surface area (Å²) >= 11 is 11.4. The second kappa shape index (κ2) is 4.84. The normalized spacial score (nSPS) is 14.6. The highest BCUT2D eigenvalue weighted by Crippen LogP contribution is 2.28. The van der Waals surface area contributed by atoms with Crippen LogP contribution in [0.1, 0.15) is 12.8 Å². The van der Waals surface area contributed by atoms with Gasteiger partial charge in [-0.3, -0.25) is 4.79 Å². The predicted octanol–water partition coefficient (Wildman–Crippen LogP) is 1.68. The Hall–Kier alpha value is -1.07. The zero-order valence-corrected chi connectivity index (χ0v) is 9.85. The summed E-state index contributed by atoms with van der Waals surface area (Å²) < 4.78 is 0. The van der Waals surface area contributed by atoms with E-state index >= 15 is 0 Å². The minimum Gasteiger partial charge on any atom is -0.351 e. The first-order chi connectivity index (χ1) is 7.66. The number of hydrogen-bond donors (Lipinski definition) is 2. The van der Waals surface area contributed by atoms with E-state index < -0.39 is 0 Å². The van der Waals surface area contributed by atoms with E-state index in [1.807, 2.05) is 0 Å². The number of anilines is 1.